The lowest BCUT2D eigenvalue weighted by Gasteiger charge is -2.30. The molecular weight excluding hydrogens is 366 g/mol. The van der Waals surface area contributed by atoms with E-state index in [9.17, 15) is 14.4 Å². The van der Waals surface area contributed by atoms with Crippen LogP contribution in [0.15, 0.2) is 41.7 Å². The normalized spacial score (nSPS) is 22.4. The Balaban J connectivity index is 1.61. The predicted octanol–water partition coefficient (Wildman–Crippen LogP) is 2.77. The Hall–Kier alpha value is -2.63. The third kappa shape index (κ3) is 5.68. The molecule has 6 heteroatoms. The van der Waals surface area contributed by atoms with Crippen LogP contribution < -0.4 is 16.0 Å². The maximum Gasteiger partial charge on any atom is 0.270 e. The van der Waals surface area contributed by atoms with Crippen LogP contribution in [-0.4, -0.2) is 30.2 Å². The number of hydrogen-bond acceptors (Lipinski definition) is 4. The second-order valence-electron chi connectivity index (χ2n) is 8.44. The third-order valence-electron chi connectivity index (χ3n) is 5.70. The topological polar surface area (TPSA) is 87.3 Å². The van der Waals surface area contributed by atoms with Crippen molar-refractivity contribution in [3.63, 3.8) is 0 Å². The summed E-state index contributed by atoms with van der Waals surface area (Å²) < 4.78 is 0. The minimum atomic E-state index is -0.428. The number of amides is 2. The maximum atomic E-state index is 12.8. The number of allylic oxidation sites excluding steroid dienone is 1. The lowest BCUT2D eigenvalue weighted by molar-refractivity contribution is -0.130. The fourth-order valence-electron chi connectivity index (χ4n) is 4.02. The van der Waals surface area contributed by atoms with Crippen molar-refractivity contribution in [3.8, 4) is 0 Å². The summed E-state index contributed by atoms with van der Waals surface area (Å²) in [5.74, 6) is -0.124. The molecule has 6 nitrogen and oxygen atoms in total. The summed E-state index contributed by atoms with van der Waals surface area (Å²) in [6, 6.07) is 10.5. The van der Waals surface area contributed by atoms with Gasteiger partial charge in [0.2, 0.25) is 5.91 Å². The van der Waals surface area contributed by atoms with Crippen molar-refractivity contribution in [2.24, 2.45) is 5.92 Å². The molecule has 0 radical (unpaired) electrons. The monoisotopic (exact) mass is 397 g/mol. The van der Waals surface area contributed by atoms with Gasteiger partial charge in [-0.25, -0.2) is 0 Å². The number of ketones is 1. The van der Waals surface area contributed by atoms with Crippen LogP contribution in [0.4, 0.5) is 0 Å². The molecule has 1 aliphatic carbocycles. The van der Waals surface area contributed by atoms with Crippen LogP contribution in [0.3, 0.4) is 0 Å². The van der Waals surface area contributed by atoms with Gasteiger partial charge in [0.1, 0.15) is 11.4 Å². The van der Waals surface area contributed by atoms with E-state index in [1.165, 1.54) is 5.56 Å². The van der Waals surface area contributed by atoms with E-state index in [0.29, 0.717) is 18.4 Å². The molecule has 0 bridgehead atoms. The van der Waals surface area contributed by atoms with Gasteiger partial charge in [-0.2, -0.15) is 0 Å². The van der Waals surface area contributed by atoms with Crippen molar-refractivity contribution in [3.05, 3.63) is 47.3 Å². The van der Waals surface area contributed by atoms with Crippen LogP contribution in [0, 0.1) is 5.92 Å². The Morgan fingerprint density at radius 2 is 1.79 bits per heavy atom. The van der Waals surface area contributed by atoms with E-state index in [1.807, 2.05) is 6.07 Å². The minimum Gasteiger partial charge on any atom is -0.380 e. The molecule has 1 heterocycles. The van der Waals surface area contributed by atoms with E-state index in [-0.39, 0.29) is 35.5 Å². The van der Waals surface area contributed by atoms with Gasteiger partial charge in [-0.15, -0.1) is 0 Å². The molecule has 3 rings (SSSR count). The van der Waals surface area contributed by atoms with Crippen molar-refractivity contribution in [1.82, 2.24) is 16.0 Å². The van der Waals surface area contributed by atoms with E-state index in [1.54, 1.807) is 0 Å². The van der Waals surface area contributed by atoms with Gasteiger partial charge in [0.05, 0.1) is 6.42 Å². The highest BCUT2D eigenvalue weighted by Gasteiger charge is 2.31. The Morgan fingerprint density at radius 3 is 2.45 bits per heavy atom. The average Bonchev–Trinajstić information content (AvgIpc) is 2.70. The first kappa shape index (κ1) is 21.1. The van der Waals surface area contributed by atoms with Gasteiger partial charge >= 0.3 is 0 Å². The van der Waals surface area contributed by atoms with Crippen molar-refractivity contribution in [2.75, 3.05) is 6.54 Å². The Bertz CT molecular complexity index is 778. The van der Waals surface area contributed by atoms with Gasteiger partial charge < -0.3 is 16.0 Å². The van der Waals surface area contributed by atoms with Gasteiger partial charge in [0.25, 0.3) is 5.91 Å². The largest absolute Gasteiger partial charge is 0.380 e. The SMILES string of the molecule is CC(C)CCNC1=C(C(=O)NC2CCC(c3ccccc3)CC2)NC(=O)CC1=O. The average molecular weight is 398 g/mol. The van der Waals surface area contributed by atoms with E-state index >= 15 is 0 Å². The number of Topliss-reactive ketones (excluding diaryl/α,β-unsaturated/α-hetero) is 1. The molecule has 1 aromatic carbocycles. The van der Waals surface area contributed by atoms with Crippen molar-refractivity contribution in [2.45, 2.75) is 64.3 Å². The molecule has 1 aromatic rings. The van der Waals surface area contributed by atoms with Crippen molar-refractivity contribution < 1.29 is 14.4 Å². The molecule has 156 valence electrons. The highest BCUT2D eigenvalue weighted by Crippen LogP contribution is 2.32. The minimum absolute atomic E-state index is 0.0563. The summed E-state index contributed by atoms with van der Waals surface area (Å²) in [7, 11) is 0. The molecular formula is C23H31N3O3. The number of nitrogens with one attached hydrogen (secondary N) is 3. The van der Waals surface area contributed by atoms with E-state index < -0.39 is 5.91 Å². The van der Waals surface area contributed by atoms with Gasteiger partial charge in [0, 0.05) is 12.6 Å². The van der Waals surface area contributed by atoms with E-state index in [4.69, 9.17) is 0 Å². The number of benzene rings is 1. The fraction of sp³-hybridized carbons (Fsp3) is 0.522. The highest BCUT2D eigenvalue weighted by atomic mass is 16.2. The van der Waals surface area contributed by atoms with Crippen molar-refractivity contribution >= 4 is 17.6 Å². The summed E-state index contributed by atoms with van der Waals surface area (Å²) in [5.41, 5.74) is 1.66. The van der Waals surface area contributed by atoms with Crippen LogP contribution in [-0.2, 0) is 14.4 Å². The summed E-state index contributed by atoms with van der Waals surface area (Å²) in [5, 5.41) is 8.71. The van der Waals surface area contributed by atoms with Gasteiger partial charge in [-0.3, -0.25) is 14.4 Å². The first-order valence-electron chi connectivity index (χ1n) is 10.6. The standard InChI is InChI=1S/C23H31N3O3/c1-15(2)12-13-24-21-19(27)14-20(28)26-22(21)23(29)25-18-10-8-17(9-11-18)16-6-4-3-5-7-16/h3-7,15,17-18,24H,8-14H2,1-2H3,(H,25,29)(H,26,28). The molecule has 1 aliphatic heterocycles. The Labute approximate surface area is 172 Å². The van der Waals surface area contributed by atoms with E-state index in [2.05, 4.69) is 54.1 Å². The molecule has 1 fully saturated rings. The second-order valence-corrected chi connectivity index (χ2v) is 8.44. The number of carbonyl (C=O) groups is 3. The zero-order valence-corrected chi connectivity index (χ0v) is 17.3. The molecule has 2 aliphatic rings. The summed E-state index contributed by atoms with van der Waals surface area (Å²) >= 11 is 0. The summed E-state index contributed by atoms with van der Waals surface area (Å²) in [6.07, 6.45) is 4.46. The van der Waals surface area contributed by atoms with E-state index in [0.717, 1.165) is 32.1 Å². The van der Waals surface area contributed by atoms with Crippen LogP contribution in [0.5, 0.6) is 0 Å². The maximum absolute atomic E-state index is 12.8. The van der Waals surface area contributed by atoms with Crippen LogP contribution in [0.2, 0.25) is 0 Å². The predicted molar refractivity (Wildman–Crippen MR) is 112 cm³/mol. The molecule has 0 spiro atoms. The molecule has 0 atom stereocenters. The molecule has 0 unspecified atom stereocenters. The lowest BCUT2D eigenvalue weighted by atomic mass is 9.82. The molecule has 29 heavy (non-hydrogen) atoms. The smallest absolute Gasteiger partial charge is 0.270 e. The molecule has 1 saturated carbocycles. The molecule has 2 amide bonds. The zero-order chi connectivity index (χ0) is 20.8. The highest BCUT2D eigenvalue weighted by molar-refractivity contribution is 6.16. The summed E-state index contributed by atoms with van der Waals surface area (Å²) in [4.78, 5) is 37.0. The quantitative estimate of drug-likeness (QED) is 0.618. The molecule has 0 aromatic heterocycles. The third-order valence-corrected chi connectivity index (χ3v) is 5.70. The lowest BCUT2D eigenvalue weighted by Crippen LogP contribution is -2.47. The fourth-order valence-corrected chi connectivity index (χ4v) is 4.02. The van der Waals surface area contributed by atoms with Crippen LogP contribution in [0.1, 0.15) is 63.9 Å². The zero-order valence-electron chi connectivity index (χ0n) is 17.3. The Kier molecular flexibility index (Phi) is 7.07. The Morgan fingerprint density at radius 1 is 1.10 bits per heavy atom. The van der Waals surface area contributed by atoms with Gasteiger partial charge in [-0.05, 0) is 49.5 Å². The number of hydrogen-bond donors (Lipinski definition) is 3. The summed E-state index contributed by atoms with van der Waals surface area (Å²) in [6.45, 7) is 4.79. The first-order valence-corrected chi connectivity index (χ1v) is 10.6. The molecule has 0 saturated heterocycles. The van der Waals surface area contributed by atoms with Crippen LogP contribution in [0.25, 0.3) is 0 Å². The van der Waals surface area contributed by atoms with Gasteiger partial charge in [-0.1, -0.05) is 44.2 Å². The van der Waals surface area contributed by atoms with Gasteiger partial charge in [0.15, 0.2) is 5.78 Å². The van der Waals surface area contributed by atoms with Crippen LogP contribution >= 0.6 is 0 Å². The first-order chi connectivity index (χ1) is 13.9. The van der Waals surface area contributed by atoms with Crippen molar-refractivity contribution in [1.29, 1.82) is 0 Å². The molecule has 3 N–H and O–H groups in total. The number of carbonyl (C=O) groups excluding carboxylic acids is 3. The number of rotatable bonds is 7. The second kappa shape index (κ2) is 9.72.